The van der Waals surface area contributed by atoms with Crippen molar-refractivity contribution in [2.75, 3.05) is 26.6 Å². The lowest BCUT2D eigenvalue weighted by Gasteiger charge is -2.14. The van der Waals surface area contributed by atoms with Gasteiger partial charge < -0.3 is 19.5 Å². The zero-order chi connectivity index (χ0) is 20.8. The van der Waals surface area contributed by atoms with Gasteiger partial charge in [0.2, 0.25) is 5.75 Å². The highest BCUT2D eigenvalue weighted by molar-refractivity contribution is 6.09. The normalized spacial score (nSPS) is 10.2. The number of amides is 1. The molecule has 3 aromatic carbocycles. The number of hydrogen-bond acceptors (Lipinski definition) is 5. The van der Waals surface area contributed by atoms with Crippen molar-refractivity contribution in [3.8, 4) is 17.2 Å². The van der Waals surface area contributed by atoms with Crippen LogP contribution in [0.2, 0.25) is 0 Å². The average Bonchev–Trinajstić information content (AvgIpc) is 2.78. The second-order valence-corrected chi connectivity index (χ2v) is 6.14. The molecule has 29 heavy (non-hydrogen) atoms. The molecule has 0 spiro atoms. The van der Waals surface area contributed by atoms with E-state index in [0.29, 0.717) is 39.6 Å². The summed E-state index contributed by atoms with van der Waals surface area (Å²) in [7, 11) is 4.47. The lowest BCUT2D eigenvalue weighted by atomic mass is 10.0. The molecule has 0 aliphatic carbocycles. The van der Waals surface area contributed by atoms with E-state index in [9.17, 15) is 9.59 Å². The third-order valence-electron chi connectivity index (χ3n) is 4.37. The summed E-state index contributed by atoms with van der Waals surface area (Å²) in [6, 6.07) is 18.9. The molecule has 0 radical (unpaired) electrons. The molecule has 6 nitrogen and oxygen atoms in total. The van der Waals surface area contributed by atoms with Crippen LogP contribution in [0.15, 0.2) is 66.7 Å². The van der Waals surface area contributed by atoms with Crippen LogP contribution in [0.25, 0.3) is 0 Å². The van der Waals surface area contributed by atoms with E-state index in [1.165, 1.54) is 21.3 Å². The van der Waals surface area contributed by atoms with Crippen LogP contribution in [0.3, 0.4) is 0 Å². The molecule has 3 rings (SSSR count). The monoisotopic (exact) mass is 391 g/mol. The standard InChI is InChI=1S/C23H21NO5/c1-27-19-13-17(14-20(28-2)22(19)29-3)23(26)24-18-11-9-16(10-12-18)21(25)15-7-5-4-6-8-15/h4-14H,1-3H3,(H,24,26). The Labute approximate surface area is 169 Å². The van der Waals surface area contributed by atoms with Gasteiger partial charge in [0.05, 0.1) is 21.3 Å². The lowest BCUT2D eigenvalue weighted by molar-refractivity contribution is 0.102. The highest BCUT2D eigenvalue weighted by Gasteiger charge is 2.17. The second-order valence-electron chi connectivity index (χ2n) is 6.14. The van der Waals surface area contributed by atoms with Gasteiger partial charge in [-0.1, -0.05) is 30.3 Å². The molecule has 0 bridgehead atoms. The quantitative estimate of drug-likeness (QED) is 0.611. The van der Waals surface area contributed by atoms with Gasteiger partial charge in [0.1, 0.15) is 0 Å². The molecule has 0 aromatic heterocycles. The first-order valence-corrected chi connectivity index (χ1v) is 8.88. The first-order chi connectivity index (χ1) is 14.1. The van der Waals surface area contributed by atoms with Gasteiger partial charge >= 0.3 is 0 Å². The number of ether oxygens (including phenoxy) is 3. The van der Waals surface area contributed by atoms with Crippen LogP contribution in [0, 0.1) is 0 Å². The number of methoxy groups -OCH3 is 3. The number of rotatable bonds is 7. The van der Waals surface area contributed by atoms with Crippen LogP contribution in [-0.2, 0) is 0 Å². The molecule has 1 N–H and O–H groups in total. The molecule has 0 aliphatic rings. The third kappa shape index (κ3) is 4.38. The van der Waals surface area contributed by atoms with Gasteiger partial charge in [0, 0.05) is 22.4 Å². The highest BCUT2D eigenvalue weighted by atomic mass is 16.5. The molecule has 0 atom stereocenters. The summed E-state index contributed by atoms with van der Waals surface area (Å²) in [6.07, 6.45) is 0. The zero-order valence-corrected chi connectivity index (χ0v) is 16.4. The Kier molecular flexibility index (Phi) is 6.14. The van der Waals surface area contributed by atoms with Crippen molar-refractivity contribution in [1.29, 1.82) is 0 Å². The number of benzene rings is 3. The van der Waals surface area contributed by atoms with Gasteiger partial charge in [-0.15, -0.1) is 0 Å². The fraction of sp³-hybridized carbons (Fsp3) is 0.130. The minimum absolute atomic E-state index is 0.0758. The Bertz CT molecular complexity index is 988. The first-order valence-electron chi connectivity index (χ1n) is 8.88. The highest BCUT2D eigenvalue weighted by Crippen LogP contribution is 2.38. The van der Waals surface area contributed by atoms with Crippen LogP contribution in [-0.4, -0.2) is 33.0 Å². The predicted octanol–water partition coefficient (Wildman–Crippen LogP) is 4.20. The Hall–Kier alpha value is -3.80. The molecular formula is C23H21NO5. The van der Waals surface area contributed by atoms with Crippen molar-refractivity contribution in [2.24, 2.45) is 0 Å². The van der Waals surface area contributed by atoms with Crippen molar-refractivity contribution in [3.63, 3.8) is 0 Å². The average molecular weight is 391 g/mol. The summed E-state index contributed by atoms with van der Waals surface area (Å²) in [5.74, 6) is 0.774. The molecule has 0 saturated carbocycles. The van der Waals surface area contributed by atoms with Crippen molar-refractivity contribution >= 4 is 17.4 Å². The number of carbonyl (C=O) groups excluding carboxylic acids is 2. The third-order valence-corrected chi connectivity index (χ3v) is 4.37. The molecule has 148 valence electrons. The van der Waals surface area contributed by atoms with Gasteiger partial charge in [0.25, 0.3) is 5.91 Å². The fourth-order valence-corrected chi connectivity index (χ4v) is 2.88. The van der Waals surface area contributed by atoms with E-state index in [2.05, 4.69) is 5.32 Å². The first kappa shape index (κ1) is 19.9. The van der Waals surface area contributed by atoms with Crippen LogP contribution in [0.1, 0.15) is 26.3 Å². The number of hydrogen-bond donors (Lipinski definition) is 1. The lowest BCUT2D eigenvalue weighted by Crippen LogP contribution is -2.13. The second kappa shape index (κ2) is 8.93. The largest absolute Gasteiger partial charge is 0.493 e. The van der Waals surface area contributed by atoms with E-state index in [1.807, 2.05) is 18.2 Å². The van der Waals surface area contributed by atoms with Crippen molar-refractivity contribution in [1.82, 2.24) is 0 Å². The summed E-state index contributed by atoms with van der Waals surface area (Å²) < 4.78 is 15.8. The van der Waals surface area contributed by atoms with E-state index in [1.54, 1.807) is 48.5 Å². The van der Waals surface area contributed by atoms with Crippen molar-refractivity contribution < 1.29 is 23.8 Å². The zero-order valence-electron chi connectivity index (χ0n) is 16.4. The Morgan fingerprint density at radius 1 is 0.690 bits per heavy atom. The van der Waals surface area contributed by atoms with Gasteiger partial charge in [-0.05, 0) is 36.4 Å². The van der Waals surface area contributed by atoms with Crippen LogP contribution in [0.4, 0.5) is 5.69 Å². The minimum Gasteiger partial charge on any atom is -0.493 e. The molecule has 0 heterocycles. The van der Waals surface area contributed by atoms with Gasteiger partial charge in [-0.3, -0.25) is 9.59 Å². The molecule has 0 saturated heterocycles. The number of nitrogens with one attached hydrogen (secondary N) is 1. The van der Waals surface area contributed by atoms with Gasteiger partial charge in [-0.2, -0.15) is 0 Å². The molecule has 3 aromatic rings. The number of carbonyl (C=O) groups is 2. The summed E-state index contributed by atoms with van der Waals surface area (Å²) in [5, 5.41) is 2.80. The number of ketones is 1. The SMILES string of the molecule is COc1cc(C(=O)Nc2ccc(C(=O)c3ccccc3)cc2)cc(OC)c1OC. The van der Waals surface area contributed by atoms with E-state index in [-0.39, 0.29) is 11.7 Å². The molecular weight excluding hydrogens is 370 g/mol. The fourth-order valence-electron chi connectivity index (χ4n) is 2.88. The maximum atomic E-state index is 12.7. The van der Waals surface area contributed by atoms with Crippen LogP contribution in [0.5, 0.6) is 17.2 Å². The van der Waals surface area contributed by atoms with E-state index in [4.69, 9.17) is 14.2 Å². The Morgan fingerprint density at radius 3 is 1.76 bits per heavy atom. The van der Waals surface area contributed by atoms with Crippen LogP contribution < -0.4 is 19.5 Å². The van der Waals surface area contributed by atoms with Gasteiger partial charge in [-0.25, -0.2) is 0 Å². The molecule has 6 heteroatoms. The predicted molar refractivity (Wildman–Crippen MR) is 110 cm³/mol. The van der Waals surface area contributed by atoms with E-state index < -0.39 is 0 Å². The Balaban J connectivity index is 1.78. The van der Waals surface area contributed by atoms with Crippen molar-refractivity contribution in [3.05, 3.63) is 83.4 Å². The maximum Gasteiger partial charge on any atom is 0.255 e. The smallest absolute Gasteiger partial charge is 0.255 e. The van der Waals surface area contributed by atoms with E-state index in [0.717, 1.165) is 0 Å². The van der Waals surface area contributed by atoms with Gasteiger partial charge in [0.15, 0.2) is 17.3 Å². The minimum atomic E-state index is -0.341. The summed E-state index contributed by atoms with van der Waals surface area (Å²) in [4.78, 5) is 25.1. The molecule has 0 aliphatic heterocycles. The number of anilines is 1. The summed E-state index contributed by atoms with van der Waals surface area (Å²) in [6.45, 7) is 0. The molecule has 0 fully saturated rings. The Morgan fingerprint density at radius 2 is 1.24 bits per heavy atom. The maximum absolute atomic E-state index is 12.7. The van der Waals surface area contributed by atoms with E-state index >= 15 is 0 Å². The van der Waals surface area contributed by atoms with Crippen LogP contribution >= 0.6 is 0 Å². The summed E-state index contributed by atoms with van der Waals surface area (Å²) in [5.41, 5.74) is 2.07. The van der Waals surface area contributed by atoms with Crippen molar-refractivity contribution in [2.45, 2.75) is 0 Å². The molecule has 1 amide bonds. The topological polar surface area (TPSA) is 73.9 Å². The molecule has 0 unspecified atom stereocenters. The summed E-state index contributed by atoms with van der Waals surface area (Å²) >= 11 is 0.